The van der Waals surface area contributed by atoms with Crippen LogP contribution in [0, 0.1) is 10.8 Å². The van der Waals surface area contributed by atoms with E-state index in [1.807, 2.05) is 6.07 Å². The Kier molecular flexibility index (Phi) is 5.93. The molecular weight excluding hydrogens is 633 g/mol. The van der Waals surface area contributed by atoms with Crippen molar-refractivity contribution >= 4 is 99.1 Å². The van der Waals surface area contributed by atoms with Crippen molar-refractivity contribution in [3.63, 3.8) is 0 Å². The van der Waals surface area contributed by atoms with Crippen LogP contribution in [0.2, 0.25) is 0 Å². The topological polar surface area (TPSA) is 57.6 Å². The van der Waals surface area contributed by atoms with Crippen LogP contribution >= 0.6 is 0 Å². The number of nitrogens with zero attached hydrogens (tertiary/aromatic N) is 2. The van der Waals surface area contributed by atoms with Gasteiger partial charge in [-0.05, 0) is 56.6 Å². The smallest absolute Gasteiger partial charge is 0.0626 e. The molecule has 0 spiro atoms. The van der Waals surface area contributed by atoms with Crippen molar-refractivity contribution < 1.29 is 0 Å². The zero-order valence-electron chi connectivity index (χ0n) is 28.1. The molecule has 52 heavy (non-hydrogen) atoms. The Morgan fingerprint density at radius 2 is 0.635 bits per heavy atom. The molecule has 0 atom stereocenters. The average molecular weight is 663 g/mol. The van der Waals surface area contributed by atoms with Gasteiger partial charge in [-0.15, -0.1) is 0 Å². The van der Waals surface area contributed by atoms with Crippen LogP contribution < -0.4 is 0 Å². The zero-order valence-corrected chi connectivity index (χ0v) is 28.1. The molecular formula is C48H30N4. The van der Waals surface area contributed by atoms with Gasteiger partial charge in [-0.25, -0.2) is 0 Å². The lowest BCUT2D eigenvalue weighted by Gasteiger charge is -2.19. The molecule has 0 bridgehead atoms. The lowest BCUT2D eigenvalue weighted by Crippen LogP contribution is -2.06. The molecule has 0 unspecified atom stereocenters. The van der Waals surface area contributed by atoms with Gasteiger partial charge in [0.1, 0.15) is 0 Å². The third-order valence-electron chi connectivity index (χ3n) is 11.1. The van der Waals surface area contributed by atoms with Gasteiger partial charge in [-0.1, -0.05) is 133 Å². The molecule has 0 amide bonds. The molecule has 0 aliphatic carbocycles. The van der Waals surface area contributed by atoms with Crippen molar-refractivity contribution in [3.05, 3.63) is 169 Å². The van der Waals surface area contributed by atoms with E-state index in [4.69, 9.17) is 10.8 Å². The monoisotopic (exact) mass is 662 g/mol. The second-order valence-electron chi connectivity index (χ2n) is 13.6. The Morgan fingerprint density at radius 1 is 0.327 bits per heavy atom. The Bertz CT molecular complexity index is 3120. The van der Waals surface area contributed by atoms with Crippen LogP contribution in [0.15, 0.2) is 158 Å². The van der Waals surface area contributed by atoms with Crippen molar-refractivity contribution in [2.24, 2.45) is 0 Å². The quantitative estimate of drug-likeness (QED) is 0.139. The second-order valence-corrected chi connectivity index (χ2v) is 13.6. The maximum absolute atomic E-state index is 8.75. The van der Waals surface area contributed by atoms with Gasteiger partial charge in [0.2, 0.25) is 0 Å². The van der Waals surface area contributed by atoms with Crippen LogP contribution in [0.25, 0.3) is 98.1 Å². The number of hydrogen-bond acceptors (Lipinski definition) is 2. The Hall–Kier alpha value is -7.04. The summed E-state index contributed by atoms with van der Waals surface area (Å²) in [7, 11) is 0. The standard InChI is InChI=1S/C48H30N4/c49-27-29-25-30(28-50)44(52-42-24-12-10-22-40(42)46-36-18-6-2-14-32(36)34-16-4-8-20-38(34)48(46)52)26-43(29)51-41-23-11-9-21-39(41)45-35-17-5-1-13-31(35)33-15-3-7-19-37(33)47(45)51/h1-28,49-50H. The highest BCUT2D eigenvalue weighted by molar-refractivity contribution is 6.33. The Labute approximate surface area is 298 Å². The number of fused-ring (bicyclic) bond motifs is 16. The van der Waals surface area contributed by atoms with Gasteiger partial charge in [0.25, 0.3) is 0 Å². The summed E-state index contributed by atoms with van der Waals surface area (Å²) in [5.41, 5.74) is 7.69. The van der Waals surface area contributed by atoms with Gasteiger partial charge in [-0.3, -0.25) is 0 Å². The molecule has 242 valence electrons. The fraction of sp³-hybridized carbons (Fsp3) is 0. The summed E-state index contributed by atoms with van der Waals surface area (Å²) in [4.78, 5) is 0. The minimum Gasteiger partial charge on any atom is -0.308 e. The maximum atomic E-state index is 8.75. The zero-order chi connectivity index (χ0) is 34.5. The summed E-state index contributed by atoms with van der Waals surface area (Å²) in [6, 6.07) is 56.2. The fourth-order valence-corrected chi connectivity index (χ4v) is 8.99. The van der Waals surface area contributed by atoms with Crippen LogP contribution in [0.4, 0.5) is 0 Å². The number of rotatable bonds is 4. The van der Waals surface area contributed by atoms with Crippen LogP contribution in [-0.4, -0.2) is 21.6 Å². The molecule has 0 aliphatic rings. The molecule has 2 N–H and O–H groups in total. The van der Waals surface area contributed by atoms with E-state index in [0.717, 1.165) is 55.3 Å². The summed E-state index contributed by atoms with van der Waals surface area (Å²) < 4.78 is 4.72. The molecule has 0 saturated carbocycles. The number of benzene rings is 9. The highest BCUT2D eigenvalue weighted by Gasteiger charge is 2.24. The van der Waals surface area contributed by atoms with Gasteiger partial charge < -0.3 is 20.0 Å². The molecule has 11 rings (SSSR count). The largest absolute Gasteiger partial charge is 0.308 e. The van der Waals surface area contributed by atoms with Gasteiger partial charge in [-0.2, -0.15) is 0 Å². The molecule has 0 saturated heterocycles. The Balaban J connectivity index is 1.36. The summed E-state index contributed by atoms with van der Waals surface area (Å²) in [6.07, 6.45) is 2.87. The first-order valence-electron chi connectivity index (χ1n) is 17.6. The van der Waals surface area contributed by atoms with E-state index < -0.39 is 0 Å². The van der Waals surface area contributed by atoms with Crippen LogP contribution in [0.5, 0.6) is 0 Å². The van der Waals surface area contributed by atoms with Crippen LogP contribution in [0.3, 0.4) is 0 Å². The first-order chi connectivity index (χ1) is 25.8. The van der Waals surface area contributed by atoms with E-state index in [-0.39, 0.29) is 0 Å². The number of para-hydroxylation sites is 2. The summed E-state index contributed by atoms with van der Waals surface area (Å²) in [5.74, 6) is 0. The van der Waals surface area contributed by atoms with E-state index in [0.29, 0.717) is 0 Å². The molecule has 0 aliphatic heterocycles. The number of aromatic nitrogens is 2. The van der Waals surface area contributed by atoms with Gasteiger partial charge in [0, 0.05) is 55.9 Å². The molecule has 4 heteroatoms. The van der Waals surface area contributed by atoms with E-state index in [1.165, 1.54) is 66.3 Å². The van der Waals surface area contributed by atoms with Crippen molar-refractivity contribution in [1.29, 1.82) is 10.8 Å². The molecule has 2 aromatic heterocycles. The predicted octanol–water partition coefficient (Wildman–Crippen LogP) is 12.5. The summed E-state index contributed by atoms with van der Waals surface area (Å²) >= 11 is 0. The summed E-state index contributed by atoms with van der Waals surface area (Å²) in [6.45, 7) is 0. The third kappa shape index (κ3) is 3.70. The van der Waals surface area contributed by atoms with Crippen LogP contribution in [-0.2, 0) is 0 Å². The van der Waals surface area contributed by atoms with Crippen molar-refractivity contribution in [2.75, 3.05) is 0 Å². The maximum Gasteiger partial charge on any atom is 0.0626 e. The lowest BCUT2D eigenvalue weighted by molar-refractivity contribution is 1.13. The Morgan fingerprint density at radius 3 is 1.02 bits per heavy atom. The van der Waals surface area contributed by atoms with Crippen molar-refractivity contribution in [3.8, 4) is 11.4 Å². The van der Waals surface area contributed by atoms with Crippen molar-refractivity contribution in [2.45, 2.75) is 0 Å². The van der Waals surface area contributed by atoms with Crippen LogP contribution in [0.1, 0.15) is 11.1 Å². The molecule has 9 aromatic carbocycles. The van der Waals surface area contributed by atoms with E-state index in [9.17, 15) is 0 Å². The fourth-order valence-electron chi connectivity index (χ4n) is 8.99. The number of hydrogen-bond donors (Lipinski definition) is 2. The van der Waals surface area contributed by atoms with E-state index >= 15 is 0 Å². The molecule has 4 nitrogen and oxygen atoms in total. The summed E-state index contributed by atoms with van der Waals surface area (Å²) in [5, 5.41) is 31.8. The molecule has 11 aromatic rings. The first kappa shape index (κ1) is 28.8. The number of nitrogens with one attached hydrogen (secondary N) is 2. The predicted molar refractivity (Wildman–Crippen MR) is 221 cm³/mol. The average Bonchev–Trinajstić information content (AvgIpc) is 3.75. The van der Waals surface area contributed by atoms with Crippen molar-refractivity contribution in [1.82, 2.24) is 9.13 Å². The second kappa shape index (κ2) is 10.7. The van der Waals surface area contributed by atoms with Gasteiger partial charge >= 0.3 is 0 Å². The minimum absolute atomic E-state index is 0.748. The highest BCUT2D eigenvalue weighted by atomic mass is 15.0. The van der Waals surface area contributed by atoms with Gasteiger partial charge in [0.15, 0.2) is 0 Å². The molecule has 0 radical (unpaired) electrons. The SMILES string of the molecule is N=Cc1cc(C=N)c(-n2c3ccccc3c3c4ccccc4c4ccccc4c32)cc1-n1c2ccccc2c2c3ccccc3c3ccccc3c21. The van der Waals surface area contributed by atoms with E-state index in [1.54, 1.807) is 0 Å². The lowest BCUT2D eigenvalue weighted by atomic mass is 9.96. The normalized spacial score (nSPS) is 12.0. The third-order valence-corrected chi connectivity index (χ3v) is 11.1. The molecule has 0 fully saturated rings. The molecule has 2 heterocycles. The minimum atomic E-state index is 0.748. The van der Waals surface area contributed by atoms with Gasteiger partial charge in [0.05, 0.1) is 33.4 Å². The highest BCUT2D eigenvalue weighted by Crippen LogP contribution is 2.45. The first-order valence-corrected chi connectivity index (χ1v) is 17.6. The van der Waals surface area contributed by atoms with E-state index in [2.05, 4.69) is 161 Å².